The highest BCUT2D eigenvalue weighted by Gasteiger charge is 2.23. The number of benzene rings is 1. The van der Waals surface area contributed by atoms with Crippen LogP contribution < -0.4 is 5.32 Å². The third kappa shape index (κ3) is 4.98. The Labute approximate surface area is 144 Å². The van der Waals surface area contributed by atoms with Crippen LogP contribution >= 0.6 is 0 Å². The molecule has 126 valence electrons. The molecule has 2 rings (SSSR count). The van der Waals surface area contributed by atoms with Crippen molar-refractivity contribution < 1.29 is 5.11 Å². The van der Waals surface area contributed by atoms with Crippen LogP contribution in [0.1, 0.15) is 37.8 Å². The van der Waals surface area contributed by atoms with E-state index in [1.807, 2.05) is 19.2 Å². The number of aromatic hydroxyl groups is 1. The van der Waals surface area contributed by atoms with Crippen molar-refractivity contribution in [3.8, 4) is 5.75 Å². The fourth-order valence-electron chi connectivity index (χ4n) is 2.30. The molecule has 24 heavy (non-hydrogen) atoms. The monoisotopic (exact) mass is 322 g/mol. The lowest BCUT2D eigenvalue weighted by atomic mass is 10.0. The molecule has 0 aliphatic heterocycles. The first-order valence-corrected chi connectivity index (χ1v) is 8.19. The Kier molecular flexibility index (Phi) is 5.80. The van der Waals surface area contributed by atoms with Gasteiger partial charge >= 0.3 is 0 Å². The number of rotatable bonds is 8. The van der Waals surface area contributed by atoms with Crippen LogP contribution in [0.4, 0.5) is 0 Å². The van der Waals surface area contributed by atoms with Gasteiger partial charge in [-0.25, -0.2) is 0 Å². The lowest BCUT2D eigenvalue weighted by molar-refractivity contribution is 0.475. The number of phenolic OH excluding ortho intramolecular Hbond substituents is 1. The maximum Gasteiger partial charge on any atom is 0.116 e. The largest absolute Gasteiger partial charge is 0.508 e. The summed E-state index contributed by atoms with van der Waals surface area (Å²) in [6.07, 6.45) is 6.17. The molecule has 2 N–H and O–H groups in total. The summed E-state index contributed by atoms with van der Waals surface area (Å²) in [6, 6.07) is 5.35. The summed E-state index contributed by atoms with van der Waals surface area (Å²) in [5, 5.41) is 13.1. The van der Waals surface area contributed by atoms with Crippen molar-refractivity contribution in [2.45, 2.75) is 26.7 Å². The molecule has 0 saturated heterocycles. The van der Waals surface area contributed by atoms with Crippen molar-refractivity contribution in [1.29, 1.82) is 0 Å². The van der Waals surface area contributed by atoms with E-state index in [1.165, 1.54) is 18.6 Å². The SMILES string of the molecule is C=C/C(=C\N=C(C)C1CC1)CNC(=C)c1cc(O)cc(C(=C)C)c1. The lowest BCUT2D eigenvalue weighted by Crippen LogP contribution is -2.14. The first-order valence-electron chi connectivity index (χ1n) is 8.19. The van der Waals surface area contributed by atoms with E-state index in [0.29, 0.717) is 12.5 Å². The normalized spacial score (nSPS) is 15.1. The van der Waals surface area contributed by atoms with Crippen LogP contribution in [0.2, 0.25) is 0 Å². The van der Waals surface area contributed by atoms with Gasteiger partial charge < -0.3 is 10.4 Å². The summed E-state index contributed by atoms with van der Waals surface area (Å²) in [5.41, 5.74) is 5.57. The van der Waals surface area contributed by atoms with E-state index in [1.54, 1.807) is 18.2 Å². The molecule has 1 aromatic rings. The van der Waals surface area contributed by atoms with Gasteiger partial charge in [0.25, 0.3) is 0 Å². The van der Waals surface area contributed by atoms with Gasteiger partial charge in [0, 0.05) is 29.7 Å². The molecule has 1 aromatic carbocycles. The molecular formula is C21H26N2O. The molecule has 0 unspecified atom stereocenters. The summed E-state index contributed by atoms with van der Waals surface area (Å²) in [4.78, 5) is 4.52. The third-order valence-electron chi connectivity index (χ3n) is 4.13. The van der Waals surface area contributed by atoms with E-state index in [4.69, 9.17) is 0 Å². The number of nitrogens with one attached hydrogen (secondary N) is 1. The average Bonchev–Trinajstić information content (AvgIpc) is 3.38. The van der Waals surface area contributed by atoms with Gasteiger partial charge in [-0.1, -0.05) is 31.4 Å². The smallest absolute Gasteiger partial charge is 0.116 e. The van der Waals surface area contributed by atoms with Crippen molar-refractivity contribution in [1.82, 2.24) is 5.32 Å². The molecule has 3 nitrogen and oxygen atoms in total. The highest BCUT2D eigenvalue weighted by Crippen LogP contribution is 2.30. The van der Waals surface area contributed by atoms with Gasteiger partial charge in [0.05, 0.1) is 0 Å². The predicted octanol–water partition coefficient (Wildman–Crippen LogP) is 4.93. The molecule has 0 bridgehead atoms. The zero-order valence-corrected chi connectivity index (χ0v) is 14.6. The van der Waals surface area contributed by atoms with Crippen LogP contribution in [-0.4, -0.2) is 17.4 Å². The van der Waals surface area contributed by atoms with Gasteiger partial charge in [0.15, 0.2) is 0 Å². The van der Waals surface area contributed by atoms with Gasteiger partial charge in [0.1, 0.15) is 5.75 Å². The Hall–Kier alpha value is -2.55. The van der Waals surface area contributed by atoms with Gasteiger partial charge in [-0.15, -0.1) is 0 Å². The molecule has 1 aliphatic carbocycles. The molecule has 0 atom stereocenters. The summed E-state index contributed by atoms with van der Waals surface area (Å²) < 4.78 is 0. The minimum absolute atomic E-state index is 0.206. The summed E-state index contributed by atoms with van der Waals surface area (Å²) in [7, 11) is 0. The summed E-state index contributed by atoms with van der Waals surface area (Å²) in [5.74, 6) is 0.876. The van der Waals surface area contributed by atoms with Crippen LogP contribution in [0.25, 0.3) is 11.3 Å². The second-order valence-electron chi connectivity index (χ2n) is 6.33. The Morgan fingerprint density at radius 1 is 1.25 bits per heavy atom. The number of allylic oxidation sites excluding steroid dienone is 1. The Bertz CT molecular complexity index is 721. The van der Waals surface area contributed by atoms with E-state index >= 15 is 0 Å². The fraction of sp³-hybridized carbons (Fsp3) is 0.286. The van der Waals surface area contributed by atoms with Crippen molar-refractivity contribution in [3.05, 3.63) is 66.9 Å². The number of hydrogen-bond acceptors (Lipinski definition) is 3. The average molecular weight is 322 g/mol. The molecular weight excluding hydrogens is 296 g/mol. The van der Waals surface area contributed by atoms with E-state index in [9.17, 15) is 5.11 Å². The van der Waals surface area contributed by atoms with E-state index in [2.05, 4.69) is 37.0 Å². The van der Waals surface area contributed by atoms with Crippen LogP contribution in [-0.2, 0) is 0 Å². The topological polar surface area (TPSA) is 44.6 Å². The number of nitrogens with zero attached hydrogens (tertiary/aromatic N) is 1. The standard InChI is InChI=1S/C21H26N2O/c1-6-17(12-22-15(4)18-7-8-18)13-23-16(5)20-9-19(14(2)3)10-21(24)11-20/h6,9-12,18,23-24H,1-2,5,7-8,13H2,3-4H3/b17-12+,22-15?. The Morgan fingerprint density at radius 3 is 2.50 bits per heavy atom. The first kappa shape index (κ1) is 17.8. The van der Waals surface area contributed by atoms with Gasteiger partial charge in [-0.2, -0.15) is 0 Å². The predicted molar refractivity (Wildman–Crippen MR) is 104 cm³/mol. The lowest BCUT2D eigenvalue weighted by Gasteiger charge is -2.12. The molecule has 0 amide bonds. The Balaban J connectivity index is 2.03. The minimum atomic E-state index is 0.206. The maximum atomic E-state index is 9.86. The van der Waals surface area contributed by atoms with Crippen LogP contribution in [0, 0.1) is 5.92 Å². The third-order valence-corrected chi connectivity index (χ3v) is 4.13. The maximum absolute atomic E-state index is 9.86. The highest BCUT2D eigenvalue weighted by molar-refractivity contribution is 5.86. The van der Waals surface area contributed by atoms with E-state index in [-0.39, 0.29) is 5.75 Å². The first-order chi connectivity index (χ1) is 11.4. The zero-order chi connectivity index (χ0) is 17.7. The summed E-state index contributed by atoms with van der Waals surface area (Å²) >= 11 is 0. The van der Waals surface area contributed by atoms with Gasteiger partial charge in [0.2, 0.25) is 0 Å². The van der Waals surface area contributed by atoms with E-state index in [0.717, 1.165) is 28.0 Å². The van der Waals surface area contributed by atoms with Crippen molar-refractivity contribution in [3.63, 3.8) is 0 Å². The van der Waals surface area contributed by atoms with Crippen LogP contribution in [0.15, 0.2) is 60.8 Å². The summed E-state index contributed by atoms with van der Waals surface area (Å²) in [6.45, 7) is 16.4. The molecule has 0 aromatic heterocycles. The molecule has 0 spiro atoms. The molecule has 1 saturated carbocycles. The fourth-order valence-corrected chi connectivity index (χ4v) is 2.30. The number of phenols is 1. The minimum Gasteiger partial charge on any atom is -0.508 e. The highest BCUT2D eigenvalue weighted by atomic mass is 16.3. The quantitative estimate of drug-likeness (QED) is 0.527. The van der Waals surface area contributed by atoms with Gasteiger partial charge in [-0.05, 0) is 61.9 Å². The van der Waals surface area contributed by atoms with Crippen molar-refractivity contribution in [2.75, 3.05) is 6.54 Å². The van der Waals surface area contributed by atoms with Crippen LogP contribution in [0.5, 0.6) is 5.75 Å². The molecule has 0 radical (unpaired) electrons. The van der Waals surface area contributed by atoms with Crippen molar-refractivity contribution >= 4 is 17.0 Å². The van der Waals surface area contributed by atoms with Crippen molar-refractivity contribution in [2.24, 2.45) is 10.9 Å². The second kappa shape index (κ2) is 7.82. The molecule has 1 fully saturated rings. The number of hydrogen-bond donors (Lipinski definition) is 2. The molecule has 1 aliphatic rings. The second-order valence-corrected chi connectivity index (χ2v) is 6.33. The van der Waals surface area contributed by atoms with E-state index < -0.39 is 0 Å². The van der Waals surface area contributed by atoms with Gasteiger partial charge in [-0.3, -0.25) is 4.99 Å². The zero-order valence-electron chi connectivity index (χ0n) is 14.6. The Morgan fingerprint density at radius 2 is 1.92 bits per heavy atom. The van der Waals surface area contributed by atoms with Crippen LogP contribution in [0.3, 0.4) is 0 Å². The molecule has 3 heteroatoms. The molecule has 0 heterocycles. The number of aliphatic imine (C=N–C) groups is 1.